The van der Waals surface area contributed by atoms with Crippen LogP contribution in [0.15, 0.2) is 60.7 Å². The van der Waals surface area contributed by atoms with E-state index in [1.54, 1.807) is 33.4 Å². The van der Waals surface area contributed by atoms with Crippen LogP contribution in [0.4, 0.5) is 11.4 Å². The van der Waals surface area contributed by atoms with E-state index in [9.17, 15) is 0 Å². The van der Waals surface area contributed by atoms with Gasteiger partial charge in [-0.1, -0.05) is 36.4 Å². The van der Waals surface area contributed by atoms with Gasteiger partial charge >= 0.3 is 0 Å². The highest BCUT2D eigenvalue weighted by atomic mass is 35.5. The molecular weight excluding hydrogens is 535 g/mol. The number of rotatable bonds is 6. The third kappa shape index (κ3) is 5.87. The van der Waals surface area contributed by atoms with Crippen molar-refractivity contribution in [2.75, 3.05) is 62.2 Å². The number of hydrogen-bond donors (Lipinski definition) is 0. The highest BCUT2D eigenvalue weighted by Crippen LogP contribution is 2.40. The summed E-state index contributed by atoms with van der Waals surface area (Å²) in [5, 5.41) is 0. The summed E-state index contributed by atoms with van der Waals surface area (Å²) >= 11 is 0. The van der Waals surface area contributed by atoms with Gasteiger partial charge in [0.25, 0.3) is 0 Å². The van der Waals surface area contributed by atoms with E-state index in [1.165, 1.54) is 89.2 Å². The summed E-state index contributed by atoms with van der Waals surface area (Å²) in [5.41, 5.74) is 13.3. The third-order valence-corrected chi connectivity index (χ3v) is 9.64. The SMILES string of the molecule is Cl.Cl.c1ccc(N2CCN(Cc3c4c(c(CN5CCN(c6ccccc6)CC5)c5c3CCC5)CCC4)CC2)cc1. The van der Waals surface area contributed by atoms with Crippen LogP contribution in [0.3, 0.4) is 0 Å². The lowest BCUT2D eigenvalue weighted by atomic mass is 9.88. The molecule has 0 N–H and O–H groups in total. The molecule has 214 valence electrons. The first-order chi connectivity index (χ1) is 18.8. The van der Waals surface area contributed by atoms with E-state index in [0.717, 1.165) is 26.2 Å². The zero-order chi connectivity index (χ0) is 25.3. The van der Waals surface area contributed by atoms with Crippen LogP contribution in [0.1, 0.15) is 46.2 Å². The zero-order valence-corrected chi connectivity index (χ0v) is 25.3. The van der Waals surface area contributed by atoms with Gasteiger partial charge < -0.3 is 9.80 Å². The molecule has 0 spiro atoms. The number of hydrogen-bond acceptors (Lipinski definition) is 4. The van der Waals surface area contributed by atoms with Gasteiger partial charge in [0, 0.05) is 76.8 Å². The predicted molar refractivity (Wildman–Crippen MR) is 173 cm³/mol. The Morgan fingerprint density at radius 3 is 1.07 bits per heavy atom. The second kappa shape index (κ2) is 13.2. The molecule has 7 rings (SSSR count). The van der Waals surface area contributed by atoms with Gasteiger partial charge in [-0.25, -0.2) is 0 Å². The van der Waals surface area contributed by atoms with Gasteiger partial charge in [-0.05, 0) is 96.2 Å². The first kappa shape index (κ1) is 29.3. The molecular formula is C34H44Cl2N4. The molecule has 0 radical (unpaired) electrons. The molecule has 3 aromatic rings. The highest BCUT2D eigenvalue weighted by molar-refractivity contribution is 5.85. The normalized spacial score (nSPS) is 19.1. The fraction of sp³-hybridized carbons (Fsp3) is 0.471. The van der Waals surface area contributed by atoms with Gasteiger partial charge in [0.1, 0.15) is 0 Å². The molecule has 4 nitrogen and oxygen atoms in total. The first-order valence-electron chi connectivity index (χ1n) is 15.1. The largest absolute Gasteiger partial charge is 0.369 e. The topological polar surface area (TPSA) is 13.0 Å². The Bertz CT molecular complexity index is 1120. The van der Waals surface area contributed by atoms with Crippen LogP contribution in [-0.4, -0.2) is 62.2 Å². The number of para-hydroxylation sites is 2. The maximum absolute atomic E-state index is 2.74. The number of benzene rings is 3. The van der Waals surface area contributed by atoms with Gasteiger partial charge in [-0.3, -0.25) is 9.80 Å². The minimum absolute atomic E-state index is 0. The summed E-state index contributed by atoms with van der Waals surface area (Å²) in [5.74, 6) is 0. The van der Waals surface area contributed by atoms with Crippen molar-refractivity contribution in [1.82, 2.24) is 9.80 Å². The Morgan fingerprint density at radius 1 is 0.425 bits per heavy atom. The Hall–Kier alpha value is -2.24. The Labute approximate surface area is 253 Å². The van der Waals surface area contributed by atoms with E-state index in [1.807, 2.05) is 0 Å². The van der Waals surface area contributed by atoms with Crippen LogP contribution in [0.5, 0.6) is 0 Å². The molecule has 0 saturated carbocycles. The van der Waals surface area contributed by atoms with E-state index in [2.05, 4.69) is 80.3 Å². The molecule has 4 aliphatic rings. The van der Waals surface area contributed by atoms with Crippen molar-refractivity contribution in [3.05, 3.63) is 94.0 Å². The number of halogens is 2. The fourth-order valence-electron chi connectivity index (χ4n) is 7.62. The molecule has 40 heavy (non-hydrogen) atoms. The summed E-state index contributed by atoms with van der Waals surface area (Å²) in [6, 6.07) is 21.9. The molecule has 2 heterocycles. The molecule has 0 atom stereocenters. The Balaban J connectivity index is 0.00000161. The van der Waals surface area contributed by atoms with Gasteiger partial charge in [-0.2, -0.15) is 0 Å². The quantitative estimate of drug-likeness (QED) is 0.347. The van der Waals surface area contributed by atoms with E-state index < -0.39 is 0 Å². The summed E-state index contributed by atoms with van der Waals surface area (Å²) in [6.07, 6.45) is 7.91. The van der Waals surface area contributed by atoms with Crippen LogP contribution >= 0.6 is 24.8 Å². The Kier molecular flexibility index (Phi) is 9.63. The molecule has 0 aromatic heterocycles. The van der Waals surface area contributed by atoms with E-state index in [0.29, 0.717) is 0 Å². The summed E-state index contributed by atoms with van der Waals surface area (Å²) in [6.45, 7) is 11.6. The first-order valence-corrected chi connectivity index (χ1v) is 15.1. The van der Waals surface area contributed by atoms with Gasteiger partial charge in [0.05, 0.1) is 0 Å². The lowest BCUT2D eigenvalue weighted by molar-refractivity contribution is 0.246. The molecule has 6 heteroatoms. The number of piperazine rings is 2. The monoisotopic (exact) mass is 578 g/mol. The van der Waals surface area contributed by atoms with Crippen LogP contribution in [0.25, 0.3) is 0 Å². The highest BCUT2D eigenvalue weighted by Gasteiger charge is 2.31. The molecule has 2 aliphatic heterocycles. The number of nitrogens with zero attached hydrogens (tertiary/aromatic N) is 4. The molecule has 0 amide bonds. The molecule has 0 unspecified atom stereocenters. The van der Waals surface area contributed by atoms with Crippen molar-refractivity contribution in [3.63, 3.8) is 0 Å². The second-order valence-corrected chi connectivity index (χ2v) is 11.8. The minimum atomic E-state index is 0. The fourth-order valence-corrected chi connectivity index (χ4v) is 7.62. The van der Waals surface area contributed by atoms with Gasteiger partial charge in [-0.15, -0.1) is 24.8 Å². The third-order valence-electron chi connectivity index (χ3n) is 9.64. The van der Waals surface area contributed by atoms with Crippen molar-refractivity contribution < 1.29 is 0 Å². The zero-order valence-electron chi connectivity index (χ0n) is 23.7. The molecule has 3 aromatic carbocycles. The lowest BCUT2D eigenvalue weighted by Gasteiger charge is -2.38. The van der Waals surface area contributed by atoms with E-state index in [-0.39, 0.29) is 24.8 Å². The van der Waals surface area contributed by atoms with Crippen molar-refractivity contribution in [2.24, 2.45) is 0 Å². The van der Waals surface area contributed by atoms with E-state index in [4.69, 9.17) is 0 Å². The molecule has 2 aliphatic carbocycles. The molecule has 2 saturated heterocycles. The standard InChI is InChI=1S/C34H42N4.2ClH/c1-3-9-27(10-4-1)37-21-17-35(18-22-37)25-33-29-13-7-15-31(29)34(32-16-8-14-30(32)33)26-36-19-23-38(24-20-36)28-11-5-2-6-12-28;;/h1-6,9-12H,7-8,13-26H2;2*1H. The van der Waals surface area contributed by atoms with Crippen molar-refractivity contribution in [2.45, 2.75) is 51.6 Å². The maximum atomic E-state index is 2.74. The molecule has 0 bridgehead atoms. The Morgan fingerprint density at radius 2 is 0.750 bits per heavy atom. The summed E-state index contributed by atoms with van der Waals surface area (Å²) in [4.78, 5) is 10.6. The summed E-state index contributed by atoms with van der Waals surface area (Å²) < 4.78 is 0. The predicted octanol–water partition coefficient (Wildman–Crippen LogP) is 6.15. The lowest BCUT2D eigenvalue weighted by Crippen LogP contribution is -2.46. The number of fused-ring (bicyclic) bond motifs is 2. The van der Waals surface area contributed by atoms with Gasteiger partial charge in [0.15, 0.2) is 0 Å². The average molecular weight is 580 g/mol. The van der Waals surface area contributed by atoms with Crippen LogP contribution in [0.2, 0.25) is 0 Å². The van der Waals surface area contributed by atoms with Crippen LogP contribution < -0.4 is 9.80 Å². The minimum Gasteiger partial charge on any atom is -0.369 e. The average Bonchev–Trinajstić information content (AvgIpc) is 3.67. The summed E-state index contributed by atoms with van der Waals surface area (Å²) in [7, 11) is 0. The molecule has 2 fully saturated rings. The smallest absolute Gasteiger partial charge is 0.0367 e. The van der Waals surface area contributed by atoms with Crippen molar-refractivity contribution in [1.29, 1.82) is 0 Å². The van der Waals surface area contributed by atoms with Crippen LogP contribution in [-0.2, 0) is 38.8 Å². The van der Waals surface area contributed by atoms with E-state index >= 15 is 0 Å². The van der Waals surface area contributed by atoms with Crippen molar-refractivity contribution in [3.8, 4) is 0 Å². The maximum Gasteiger partial charge on any atom is 0.0367 e. The van der Waals surface area contributed by atoms with Gasteiger partial charge in [0.2, 0.25) is 0 Å². The van der Waals surface area contributed by atoms with Crippen LogP contribution in [0, 0.1) is 0 Å². The second-order valence-electron chi connectivity index (χ2n) is 11.8. The number of anilines is 2. The van der Waals surface area contributed by atoms with Crippen molar-refractivity contribution >= 4 is 36.2 Å².